The zero-order valence-electron chi connectivity index (χ0n) is 12.5. The molecule has 1 saturated heterocycles. The molecule has 0 aromatic heterocycles. The molecule has 0 atom stereocenters. The van der Waals surface area contributed by atoms with Crippen molar-refractivity contribution < 1.29 is 4.79 Å². The third-order valence-electron chi connectivity index (χ3n) is 5.02. The first-order chi connectivity index (χ1) is 9.72. The number of hydrogen-bond donors (Lipinski definition) is 1. The van der Waals surface area contributed by atoms with Gasteiger partial charge in [0.1, 0.15) is 0 Å². The summed E-state index contributed by atoms with van der Waals surface area (Å²) in [5.41, 5.74) is 6.90. The highest BCUT2D eigenvalue weighted by Crippen LogP contribution is 2.42. The minimum absolute atomic E-state index is 0. The minimum Gasteiger partial charge on any atom is -0.342 e. The van der Waals surface area contributed by atoms with Gasteiger partial charge in [-0.25, -0.2) is 0 Å². The summed E-state index contributed by atoms with van der Waals surface area (Å²) in [7, 11) is 0. The lowest BCUT2D eigenvalue weighted by Crippen LogP contribution is -2.50. The highest BCUT2D eigenvalue weighted by atomic mass is 35.5. The van der Waals surface area contributed by atoms with Gasteiger partial charge in [0.25, 0.3) is 0 Å². The molecule has 1 heterocycles. The number of carbonyl (C=O) groups is 1. The second-order valence-corrected chi connectivity index (χ2v) is 6.28. The Morgan fingerprint density at radius 1 is 1.10 bits per heavy atom. The van der Waals surface area contributed by atoms with Crippen LogP contribution in [0.25, 0.3) is 0 Å². The third-order valence-corrected chi connectivity index (χ3v) is 5.02. The van der Waals surface area contributed by atoms with Crippen molar-refractivity contribution in [2.45, 2.75) is 50.0 Å². The molecule has 1 saturated carbocycles. The average Bonchev–Trinajstić information content (AvgIpc) is 2.99. The number of piperidine rings is 1. The third kappa shape index (κ3) is 3.09. The van der Waals surface area contributed by atoms with E-state index >= 15 is 0 Å². The molecule has 2 aliphatic rings. The Labute approximate surface area is 133 Å². The monoisotopic (exact) mass is 308 g/mol. The SMILES string of the molecule is Cl.NC1CCN(C(=O)C2(c3ccccc3)CCCC2)CC1. The summed E-state index contributed by atoms with van der Waals surface area (Å²) < 4.78 is 0. The molecule has 0 bridgehead atoms. The molecule has 1 aliphatic heterocycles. The predicted molar refractivity (Wildman–Crippen MR) is 87.6 cm³/mol. The van der Waals surface area contributed by atoms with Crippen LogP contribution < -0.4 is 5.73 Å². The van der Waals surface area contributed by atoms with Gasteiger partial charge in [-0.05, 0) is 31.2 Å². The fraction of sp³-hybridized carbons (Fsp3) is 0.588. The number of benzene rings is 1. The first-order valence-corrected chi connectivity index (χ1v) is 7.83. The maximum absolute atomic E-state index is 13.1. The zero-order chi connectivity index (χ0) is 14.0. The van der Waals surface area contributed by atoms with Crippen molar-refractivity contribution in [1.82, 2.24) is 4.90 Å². The van der Waals surface area contributed by atoms with Gasteiger partial charge in [-0.2, -0.15) is 0 Å². The number of rotatable bonds is 2. The predicted octanol–water partition coefficient (Wildman–Crippen LogP) is 2.87. The van der Waals surface area contributed by atoms with Crippen LogP contribution in [-0.2, 0) is 10.2 Å². The molecule has 1 aromatic carbocycles. The van der Waals surface area contributed by atoms with Crippen molar-refractivity contribution in [1.29, 1.82) is 0 Å². The smallest absolute Gasteiger partial charge is 0.233 e. The van der Waals surface area contributed by atoms with Crippen molar-refractivity contribution in [2.75, 3.05) is 13.1 Å². The van der Waals surface area contributed by atoms with Crippen LogP contribution in [0.1, 0.15) is 44.1 Å². The molecule has 2 N–H and O–H groups in total. The number of halogens is 1. The second kappa shape index (κ2) is 6.80. The maximum Gasteiger partial charge on any atom is 0.233 e. The Kier molecular flexibility index (Phi) is 5.28. The Balaban J connectivity index is 0.00000161. The number of carbonyl (C=O) groups excluding carboxylic acids is 1. The molecule has 116 valence electrons. The van der Waals surface area contributed by atoms with Crippen LogP contribution in [-0.4, -0.2) is 29.9 Å². The highest BCUT2D eigenvalue weighted by molar-refractivity contribution is 5.88. The van der Waals surface area contributed by atoms with E-state index in [1.807, 2.05) is 6.07 Å². The van der Waals surface area contributed by atoms with Crippen LogP contribution in [0.15, 0.2) is 30.3 Å². The molecule has 2 fully saturated rings. The van der Waals surface area contributed by atoms with Gasteiger partial charge in [0.15, 0.2) is 0 Å². The maximum atomic E-state index is 13.1. The largest absolute Gasteiger partial charge is 0.342 e. The summed E-state index contributed by atoms with van der Waals surface area (Å²) in [6.45, 7) is 1.66. The lowest BCUT2D eigenvalue weighted by atomic mass is 9.77. The van der Waals surface area contributed by atoms with E-state index in [0.29, 0.717) is 5.91 Å². The molecule has 3 rings (SSSR count). The van der Waals surface area contributed by atoms with Gasteiger partial charge in [-0.3, -0.25) is 4.79 Å². The Morgan fingerprint density at radius 3 is 2.24 bits per heavy atom. The molecule has 0 spiro atoms. The van der Waals surface area contributed by atoms with Gasteiger partial charge in [0.2, 0.25) is 5.91 Å². The Morgan fingerprint density at radius 2 is 1.67 bits per heavy atom. The van der Waals surface area contributed by atoms with Crippen LogP contribution in [0.5, 0.6) is 0 Å². The summed E-state index contributed by atoms with van der Waals surface area (Å²) in [4.78, 5) is 15.2. The molecular formula is C17H25ClN2O. The average molecular weight is 309 g/mol. The van der Waals surface area contributed by atoms with E-state index in [1.165, 1.54) is 5.56 Å². The van der Waals surface area contributed by atoms with Gasteiger partial charge < -0.3 is 10.6 Å². The molecule has 1 amide bonds. The molecular weight excluding hydrogens is 284 g/mol. The van der Waals surface area contributed by atoms with Crippen LogP contribution in [0, 0.1) is 0 Å². The molecule has 1 aromatic rings. The van der Waals surface area contributed by atoms with E-state index in [0.717, 1.165) is 51.6 Å². The molecule has 0 unspecified atom stereocenters. The van der Waals surface area contributed by atoms with E-state index in [1.54, 1.807) is 0 Å². The molecule has 0 radical (unpaired) electrons. The van der Waals surface area contributed by atoms with Crippen molar-refractivity contribution in [3.63, 3.8) is 0 Å². The minimum atomic E-state index is -0.261. The first-order valence-electron chi connectivity index (χ1n) is 7.83. The summed E-state index contributed by atoms with van der Waals surface area (Å²) in [6.07, 6.45) is 6.20. The lowest BCUT2D eigenvalue weighted by molar-refractivity contribution is -0.138. The van der Waals surface area contributed by atoms with E-state index < -0.39 is 0 Å². The summed E-state index contributed by atoms with van der Waals surface area (Å²) in [5, 5.41) is 0. The summed E-state index contributed by atoms with van der Waals surface area (Å²) in [6, 6.07) is 10.6. The van der Waals surface area contributed by atoms with Crippen LogP contribution >= 0.6 is 12.4 Å². The first kappa shape index (κ1) is 16.3. The summed E-state index contributed by atoms with van der Waals surface area (Å²) >= 11 is 0. The van der Waals surface area contributed by atoms with E-state index in [-0.39, 0.29) is 23.9 Å². The number of nitrogens with zero attached hydrogens (tertiary/aromatic N) is 1. The second-order valence-electron chi connectivity index (χ2n) is 6.28. The Hall–Kier alpha value is -1.06. The summed E-state index contributed by atoms with van der Waals surface area (Å²) in [5.74, 6) is 0.341. The van der Waals surface area contributed by atoms with Crippen LogP contribution in [0.2, 0.25) is 0 Å². The number of nitrogens with two attached hydrogens (primary N) is 1. The standard InChI is InChI=1S/C17H24N2O.ClH/c18-15-8-12-19(13-9-15)16(20)17(10-4-5-11-17)14-6-2-1-3-7-14;/h1-3,6-7,15H,4-5,8-13,18H2;1H. The van der Waals surface area contributed by atoms with Crippen molar-refractivity contribution in [2.24, 2.45) is 5.73 Å². The zero-order valence-corrected chi connectivity index (χ0v) is 13.3. The number of likely N-dealkylation sites (tertiary alicyclic amines) is 1. The fourth-order valence-electron chi connectivity index (χ4n) is 3.77. The van der Waals surface area contributed by atoms with Crippen molar-refractivity contribution in [3.05, 3.63) is 35.9 Å². The fourth-order valence-corrected chi connectivity index (χ4v) is 3.77. The number of amides is 1. The molecule has 4 heteroatoms. The van der Waals surface area contributed by atoms with Gasteiger partial charge in [-0.15, -0.1) is 12.4 Å². The van der Waals surface area contributed by atoms with Crippen molar-refractivity contribution in [3.8, 4) is 0 Å². The topological polar surface area (TPSA) is 46.3 Å². The van der Waals surface area contributed by atoms with Gasteiger partial charge in [0, 0.05) is 19.1 Å². The van der Waals surface area contributed by atoms with Gasteiger partial charge in [0.05, 0.1) is 5.41 Å². The molecule has 21 heavy (non-hydrogen) atoms. The van der Waals surface area contributed by atoms with Crippen LogP contribution in [0.3, 0.4) is 0 Å². The van der Waals surface area contributed by atoms with E-state index in [2.05, 4.69) is 29.2 Å². The highest BCUT2D eigenvalue weighted by Gasteiger charge is 2.45. The quantitative estimate of drug-likeness (QED) is 0.913. The lowest BCUT2D eigenvalue weighted by Gasteiger charge is -2.38. The van der Waals surface area contributed by atoms with Crippen LogP contribution in [0.4, 0.5) is 0 Å². The van der Waals surface area contributed by atoms with E-state index in [9.17, 15) is 4.79 Å². The van der Waals surface area contributed by atoms with Gasteiger partial charge >= 0.3 is 0 Å². The van der Waals surface area contributed by atoms with Crippen molar-refractivity contribution >= 4 is 18.3 Å². The Bertz CT molecular complexity index is 463. The normalized spacial score (nSPS) is 21.9. The molecule has 1 aliphatic carbocycles. The number of hydrogen-bond acceptors (Lipinski definition) is 2. The molecule has 3 nitrogen and oxygen atoms in total. The van der Waals surface area contributed by atoms with Gasteiger partial charge in [-0.1, -0.05) is 43.2 Å². The van der Waals surface area contributed by atoms with E-state index in [4.69, 9.17) is 5.73 Å².